The number of hydrogen-bond acceptors (Lipinski definition) is 6. The maximum Gasteiger partial charge on any atom is 0.337 e. The SMILES string of the molecule is CCOc1ccc2c(c1)sc(=NC(=O)c1ccc(C(=O)OC)cc1)n2CCSC. The lowest BCUT2D eigenvalue weighted by molar-refractivity contribution is 0.0600. The molecule has 0 atom stereocenters. The smallest absolute Gasteiger partial charge is 0.337 e. The van der Waals surface area contributed by atoms with Crippen molar-refractivity contribution in [2.45, 2.75) is 13.5 Å². The number of thiazole rings is 1. The van der Waals surface area contributed by atoms with E-state index >= 15 is 0 Å². The largest absolute Gasteiger partial charge is 0.494 e. The van der Waals surface area contributed by atoms with Crippen molar-refractivity contribution in [3.05, 3.63) is 58.4 Å². The van der Waals surface area contributed by atoms with Crippen molar-refractivity contribution in [1.29, 1.82) is 0 Å². The number of ether oxygens (including phenoxy) is 2. The molecule has 3 rings (SSSR count). The van der Waals surface area contributed by atoms with Gasteiger partial charge in [-0.1, -0.05) is 11.3 Å². The van der Waals surface area contributed by atoms with E-state index in [0.717, 1.165) is 28.3 Å². The summed E-state index contributed by atoms with van der Waals surface area (Å²) in [7, 11) is 1.32. The zero-order valence-electron chi connectivity index (χ0n) is 16.5. The second kappa shape index (κ2) is 9.76. The van der Waals surface area contributed by atoms with Gasteiger partial charge in [-0.15, -0.1) is 0 Å². The standard InChI is InChI=1S/C21H22N2O4S2/c1-4-27-16-9-10-17-18(13-16)29-21(23(17)11-12-28-3)22-19(24)14-5-7-15(8-6-14)20(25)26-2/h5-10,13H,4,11-12H2,1-3H3. The normalized spacial score (nSPS) is 11.6. The number of nitrogens with zero attached hydrogens (tertiary/aromatic N) is 2. The van der Waals surface area contributed by atoms with Crippen LogP contribution in [0.5, 0.6) is 5.75 Å². The number of amides is 1. The molecule has 29 heavy (non-hydrogen) atoms. The Labute approximate surface area is 177 Å². The van der Waals surface area contributed by atoms with Gasteiger partial charge in [0.15, 0.2) is 4.80 Å². The van der Waals surface area contributed by atoms with Crippen molar-refractivity contribution in [3.63, 3.8) is 0 Å². The molecule has 0 unspecified atom stereocenters. The average Bonchev–Trinajstić information content (AvgIpc) is 3.08. The molecule has 0 radical (unpaired) electrons. The van der Waals surface area contributed by atoms with E-state index in [9.17, 15) is 9.59 Å². The van der Waals surface area contributed by atoms with Crippen LogP contribution in [0.15, 0.2) is 47.5 Å². The van der Waals surface area contributed by atoms with Crippen LogP contribution in [0, 0.1) is 0 Å². The molecule has 8 heteroatoms. The first-order valence-corrected chi connectivity index (χ1v) is 11.3. The molecule has 0 saturated carbocycles. The number of carbonyl (C=O) groups excluding carboxylic acids is 2. The summed E-state index contributed by atoms with van der Waals surface area (Å²) in [6.07, 6.45) is 2.05. The number of rotatable bonds is 7. The second-order valence-electron chi connectivity index (χ2n) is 6.08. The van der Waals surface area contributed by atoms with Gasteiger partial charge in [-0.05, 0) is 55.6 Å². The van der Waals surface area contributed by atoms with Gasteiger partial charge in [0, 0.05) is 17.9 Å². The van der Waals surface area contributed by atoms with Gasteiger partial charge >= 0.3 is 5.97 Å². The monoisotopic (exact) mass is 430 g/mol. The Hall–Kier alpha value is -2.58. The van der Waals surface area contributed by atoms with Crippen LogP contribution in [0.3, 0.4) is 0 Å². The van der Waals surface area contributed by atoms with E-state index < -0.39 is 5.97 Å². The third-order valence-electron chi connectivity index (χ3n) is 4.23. The van der Waals surface area contributed by atoms with E-state index in [1.54, 1.807) is 36.0 Å². The second-order valence-corrected chi connectivity index (χ2v) is 8.07. The minimum Gasteiger partial charge on any atom is -0.494 e. The van der Waals surface area contributed by atoms with E-state index in [4.69, 9.17) is 4.74 Å². The lowest BCUT2D eigenvalue weighted by atomic mass is 10.1. The highest BCUT2D eigenvalue weighted by Gasteiger charge is 2.11. The Kier molecular flexibility index (Phi) is 7.11. The number of thioether (sulfide) groups is 1. The Morgan fingerprint density at radius 3 is 2.52 bits per heavy atom. The minimum absolute atomic E-state index is 0.351. The highest BCUT2D eigenvalue weighted by molar-refractivity contribution is 7.98. The van der Waals surface area contributed by atoms with Crippen LogP contribution in [0.1, 0.15) is 27.6 Å². The molecule has 3 aromatic rings. The Balaban J connectivity index is 2.00. The summed E-state index contributed by atoms with van der Waals surface area (Å²) in [5.41, 5.74) is 1.84. The number of esters is 1. The van der Waals surface area contributed by atoms with Gasteiger partial charge in [0.25, 0.3) is 5.91 Å². The quantitative estimate of drug-likeness (QED) is 0.530. The van der Waals surface area contributed by atoms with Gasteiger partial charge in [-0.25, -0.2) is 4.79 Å². The fraction of sp³-hybridized carbons (Fsp3) is 0.286. The van der Waals surface area contributed by atoms with Crippen molar-refractivity contribution >= 4 is 45.2 Å². The summed E-state index contributed by atoms with van der Waals surface area (Å²) < 4.78 is 13.4. The number of methoxy groups -OCH3 is 1. The predicted octanol–water partition coefficient (Wildman–Crippen LogP) is 3.99. The fourth-order valence-corrected chi connectivity index (χ4v) is 4.26. The molecule has 0 aliphatic heterocycles. The van der Waals surface area contributed by atoms with Gasteiger partial charge in [0.2, 0.25) is 0 Å². The highest BCUT2D eigenvalue weighted by Crippen LogP contribution is 2.24. The van der Waals surface area contributed by atoms with Crippen LogP contribution in [-0.4, -0.2) is 42.2 Å². The first-order chi connectivity index (χ1) is 14.1. The average molecular weight is 431 g/mol. The van der Waals surface area contributed by atoms with E-state index in [1.807, 2.05) is 31.4 Å². The highest BCUT2D eigenvalue weighted by atomic mass is 32.2. The first-order valence-electron chi connectivity index (χ1n) is 9.10. The number of carbonyl (C=O) groups is 2. The summed E-state index contributed by atoms with van der Waals surface area (Å²) in [5.74, 6) is 0.921. The van der Waals surface area contributed by atoms with Crippen molar-refractivity contribution in [2.24, 2.45) is 4.99 Å². The van der Waals surface area contributed by atoms with Crippen molar-refractivity contribution in [1.82, 2.24) is 4.57 Å². The number of aromatic nitrogens is 1. The van der Waals surface area contributed by atoms with Crippen molar-refractivity contribution in [3.8, 4) is 5.75 Å². The Morgan fingerprint density at radius 2 is 1.86 bits per heavy atom. The van der Waals surface area contributed by atoms with Crippen LogP contribution in [0.2, 0.25) is 0 Å². The third-order valence-corrected chi connectivity index (χ3v) is 5.87. The summed E-state index contributed by atoms with van der Waals surface area (Å²) >= 11 is 3.20. The summed E-state index contributed by atoms with van der Waals surface area (Å²) in [5, 5.41) is 0. The van der Waals surface area contributed by atoms with Crippen LogP contribution < -0.4 is 9.54 Å². The van der Waals surface area contributed by atoms with E-state index in [0.29, 0.717) is 22.5 Å². The molecule has 0 saturated heterocycles. The fourth-order valence-electron chi connectivity index (χ4n) is 2.81. The molecule has 0 fully saturated rings. The molecule has 1 amide bonds. The molecule has 2 aromatic carbocycles. The van der Waals surface area contributed by atoms with Gasteiger partial charge in [0.1, 0.15) is 5.75 Å². The van der Waals surface area contributed by atoms with E-state index in [-0.39, 0.29) is 5.91 Å². The molecule has 0 N–H and O–H groups in total. The number of benzene rings is 2. The molecular weight excluding hydrogens is 408 g/mol. The lowest BCUT2D eigenvalue weighted by Gasteiger charge is -2.05. The Morgan fingerprint density at radius 1 is 1.14 bits per heavy atom. The molecule has 152 valence electrons. The molecular formula is C21H22N2O4S2. The summed E-state index contributed by atoms with van der Waals surface area (Å²) in [6, 6.07) is 12.2. The van der Waals surface area contributed by atoms with Crippen LogP contribution >= 0.6 is 23.1 Å². The van der Waals surface area contributed by atoms with E-state index in [1.165, 1.54) is 18.4 Å². The predicted molar refractivity (Wildman–Crippen MR) is 117 cm³/mol. The summed E-state index contributed by atoms with van der Waals surface area (Å²) in [4.78, 5) is 29.3. The van der Waals surface area contributed by atoms with Crippen molar-refractivity contribution < 1.29 is 19.1 Å². The number of hydrogen-bond donors (Lipinski definition) is 0. The first kappa shape index (κ1) is 21.1. The molecule has 0 aliphatic carbocycles. The topological polar surface area (TPSA) is 69.9 Å². The molecule has 0 bridgehead atoms. The lowest BCUT2D eigenvalue weighted by Crippen LogP contribution is -2.18. The van der Waals surface area contributed by atoms with Crippen LogP contribution in [0.25, 0.3) is 10.2 Å². The van der Waals surface area contributed by atoms with Gasteiger partial charge in [0.05, 0.1) is 29.5 Å². The zero-order valence-corrected chi connectivity index (χ0v) is 18.1. The number of aryl methyl sites for hydroxylation is 1. The minimum atomic E-state index is -0.439. The van der Waals surface area contributed by atoms with Crippen LogP contribution in [-0.2, 0) is 11.3 Å². The van der Waals surface area contributed by atoms with Gasteiger partial charge < -0.3 is 14.0 Å². The third kappa shape index (κ3) is 4.89. The molecule has 1 aromatic heterocycles. The molecule has 6 nitrogen and oxygen atoms in total. The maximum atomic E-state index is 12.7. The Bertz CT molecular complexity index is 1080. The molecule has 0 aliphatic rings. The molecule has 0 spiro atoms. The van der Waals surface area contributed by atoms with E-state index in [2.05, 4.69) is 14.3 Å². The number of fused-ring (bicyclic) bond motifs is 1. The summed E-state index contributed by atoms with van der Waals surface area (Å²) in [6.45, 7) is 3.30. The maximum absolute atomic E-state index is 12.7. The van der Waals surface area contributed by atoms with Gasteiger partial charge in [-0.2, -0.15) is 16.8 Å². The van der Waals surface area contributed by atoms with Gasteiger partial charge in [-0.3, -0.25) is 4.79 Å². The van der Waals surface area contributed by atoms with Crippen molar-refractivity contribution in [2.75, 3.05) is 25.7 Å². The molecule has 1 heterocycles. The zero-order chi connectivity index (χ0) is 20.8. The van der Waals surface area contributed by atoms with Crippen LogP contribution in [0.4, 0.5) is 0 Å².